The van der Waals surface area contributed by atoms with Crippen LogP contribution in [0.3, 0.4) is 0 Å². The molecule has 3 rings (SSSR count). The topological polar surface area (TPSA) is 89.8 Å². The zero-order chi connectivity index (χ0) is 18.7. The molecule has 0 fully saturated rings. The first kappa shape index (κ1) is 17.9. The molecule has 0 unspecified atom stereocenters. The van der Waals surface area contributed by atoms with Crippen molar-refractivity contribution in [3.05, 3.63) is 68.7 Å². The maximum absolute atomic E-state index is 12.3. The largest absolute Gasteiger partial charge is 0.293 e. The zero-order valence-corrected chi connectivity index (χ0v) is 15.8. The number of carbonyl (C=O) groups excluding carboxylic acids is 1. The molecule has 0 aliphatic carbocycles. The van der Waals surface area contributed by atoms with Crippen molar-refractivity contribution < 1.29 is 4.79 Å². The molecule has 7 nitrogen and oxygen atoms in total. The molecule has 0 aliphatic heterocycles. The first-order valence-corrected chi connectivity index (χ1v) is 8.66. The first-order chi connectivity index (χ1) is 12.4. The van der Waals surface area contributed by atoms with Crippen LogP contribution in [-0.2, 0) is 11.3 Å². The highest BCUT2D eigenvalue weighted by molar-refractivity contribution is 9.10. The van der Waals surface area contributed by atoms with E-state index in [4.69, 9.17) is 0 Å². The van der Waals surface area contributed by atoms with E-state index in [-0.39, 0.29) is 18.1 Å². The molecule has 1 amide bonds. The molecular formula is C18H16BrN5O2. The lowest BCUT2D eigenvalue weighted by molar-refractivity contribution is -0.117. The third-order valence-corrected chi connectivity index (χ3v) is 4.06. The number of aromatic nitrogens is 4. The lowest BCUT2D eigenvalue weighted by Gasteiger charge is -2.08. The molecule has 0 atom stereocenters. The molecule has 132 valence electrons. The van der Waals surface area contributed by atoms with E-state index in [1.165, 1.54) is 6.07 Å². The lowest BCUT2D eigenvalue weighted by atomic mass is 10.1. The molecule has 26 heavy (non-hydrogen) atoms. The van der Waals surface area contributed by atoms with E-state index in [9.17, 15) is 9.59 Å². The van der Waals surface area contributed by atoms with Gasteiger partial charge in [0.15, 0.2) is 0 Å². The van der Waals surface area contributed by atoms with Crippen LogP contribution in [0.15, 0.2) is 51.7 Å². The Morgan fingerprint density at radius 3 is 2.38 bits per heavy atom. The molecule has 2 heterocycles. The monoisotopic (exact) mass is 413 g/mol. The van der Waals surface area contributed by atoms with Gasteiger partial charge < -0.3 is 0 Å². The van der Waals surface area contributed by atoms with Crippen molar-refractivity contribution >= 4 is 27.8 Å². The van der Waals surface area contributed by atoms with Crippen molar-refractivity contribution in [1.29, 1.82) is 0 Å². The van der Waals surface area contributed by atoms with Crippen molar-refractivity contribution in [2.75, 3.05) is 5.32 Å². The van der Waals surface area contributed by atoms with E-state index in [0.717, 1.165) is 26.1 Å². The standard InChI is InChI=1S/C18H16BrN5O2/c1-11-9-12(2)21-18(20-11)22-16(25)10-24-17(26)8-7-15(23-24)13-3-5-14(19)6-4-13/h3-9H,10H2,1-2H3,(H,20,21,22,25). The quantitative estimate of drug-likeness (QED) is 0.709. The summed E-state index contributed by atoms with van der Waals surface area (Å²) in [4.78, 5) is 32.6. The summed E-state index contributed by atoms with van der Waals surface area (Å²) in [5.41, 5.74) is 2.59. The number of aryl methyl sites for hydroxylation is 2. The highest BCUT2D eigenvalue weighted by Crippen LogP contribution is 2.18. The van der Waals surface area contributed by atoms with Gasteiger partial charge in [-0.05, 0) is 38.1 Å². The van der Waals surface area contributed by atoms with Crippen LogP contribution in [0.5, 0.6) is 0 Å². The Morgan fingerprint density at radius 1 is 1.08 bits per heavy atom. The second-order valence-corrected chi connectivity index (χ2v) is 6.66. The fraction of sp³-hybridized carbons (Fsp3) is 0.167. The van der Waals surface area contributed by atoms with Crippen LogP contribution < -0.4 is 10.9 Å². The summed E-state index contributed by atoms with van der Waals surface area (Å²) in [6.07, 6.45) is 0. The highest BCUT2D eigenvalue weighted by Gasteiger charge is 2.10. The van der Waals surface area contributed by atoms with Crippen molar-refractivity contribution in [3.8, 4) is 11.3 Å². The van der Waals surface area contributed by atoms with Gasteiger partial charge in [0.05, 0.1) is 5.69 Å². The lowest BCUT2D eigenvalue weighted by Crippen LogP contribution is -2.29. The number of amides is 1. The van der Waals surface area contributed by atoms with Gasteiger partial charge in [0.25, 0.3) is 5.56 Å². The average Bonchev–Trinajstić information content (AvgIpc) is 2.56. The predicted octanol–water partition coefficient (Wildman–Crippen LogP) is 2.72. The third-order valence-electron chi connectivity index (χ3n) is 3.53. The molecule has 0 radical (unpaired) electrons. The van der Waals surface area contributed by atoms with E-state index in [0.29, 0.717) is 5.69 Å². The second-order valence-electron chi connectivity index (χ2n) is 5.74. The maximum atomic E-state index is 12.3. The summed E-state index contributed by atoms with van der Waals surface area (Å²) < 4.78 is 2.07. The number of nitrogens with one attached hydrogen (secondary N) is 1. The fourth-order valence-electron chi connectivity index (χ4n) is 2.42. The van der Waals surface area contributed by atoms with Crippen LogP contribution in [0.1, 0.15) is 11.4 Å². The number of hydrogen-bond donors (Lipinski definition) is 1. The van der Waals surface area contributed by atoms with Gasteiger partial charge in [0, 0.05) is 27.5 Å². The molecule has 0 spiro atoms. The molecule has 2 aromatic heterocycles. The van der Waals surface area contributed by atoms with Gasteiger partial charge in [-0.1, -0.05) is 28.1 Å². The zero-order valence-electron chi connectivity index (χ0n) is 14.2. The number of anilines is 1. The van der Waals surface area contributed by atoms with Crippen LogP contribution >= 0.6 is 15.9 Å². The minimum atomic E-state index is -0.419. The van der Waals surface area contributed by atoms with E-state index in [1.54, 1.807) is 6.07 Å². The van der Waals surface area contributed by atoms with Gasteiger partial charge >= 0.3 is 0 Å². The minimum absolute atomic E-state index is 0.213. The van der Waals surface area contributed by atoms with Crippen LogP contribution in [-0.4, -0.2) is 25.7 Å². The smallest absolute Gasteiger partial charge is 0.267 e. The molecule has 1 N–H and O–H groups in total. The Hall–Kier alpha value is -2.87. The average molecular weight is 414 g/mol. The van der Waals surface area contributed by atoms with Crippen molar-refractivity contribution in [2.45, 2.75) is 20.4 Å². The van der Waals surface area contributed by atoms with Crippen LogP contribution in [0.25, 0.3) is 11.3 Å². The highest BCUT2D eigenvalue weighted by atomic mass is 79.9. The summed E-state index contributed by atoms with van der Waals surface area (Å²) in [6, 6.07) is 12.4. The first-order valence-electron chi connectivity index (χ1n) is 7.87. The van der Waals surface area contributed by atoms with Crippen LogP contribution in [0.2, 0.25) is 0 Å². The van der Waals surface area contributed by atoms with Crippen molar-refractivity contribution in [1.82, 2.24) is 19.7 Å². The van der Waals surface area contributed by atoms with Gasteiger partial charge in [-0.3, -0.25) is 14.9 Å². The summed E-state index contributed by atoms with van der Waals surface area (Å²) >= 11 is 3.38. The van der Waals surface area contributed by atoms with Crippen molar-refractivity contribution in [2.24, 2.45) is 0 Å². The van der Waals surface area contributed by atoms with Gasteiger partial charge in [-0.2, -0.15) is 5.10 Å². The normalized spacial score (nSPS) is 10.6. The van der Waals surface area contributed by atoms with E-state index in [2.05, 4.69) is 36.3 Å². The second kappa shape index (κ2) is 7.57. The summed E-state index contributed by atoms with van der Waals surface area (Å²) in [6.45, 7) is 3.41. The molecule has 0 saturated heterocycles. The Kier molecular flexibility index (Phi) is 5.22. The Balaban J connectivity index is 1.80. The molecule has 1 aromatic carbocycles. The van der Waals surface area contributed by atoms with E-state index in [1.807, 2.05) is 44.2 Å². The Labute approximate surface area is 158 Å². The molecule has 0 saturated carbocycles. The van der Waals surface area contributed by atoms with Gasteiger partial charge in [0.1, 0.15) is 6.54 Å². The summed E-state index contributed by atoms with van der Waals surface area (Å²) in [7, 11) is 0. The minimum Gasteiger partial charge on any atom is -0.293 e. The number of nitrogens with zero attached hydrogens (tertiary/aromatic N) is 4. The van der Waals surface area contributed by atoms with Gasteiger partial charge in [-0.25, -0.2) is 14.6 Å². The maximum Gasteiger partial charge on any atom is 0.267 e. The van der Waals surface area contributed by atoms with Gasteiger partial charge in [0.2, 0.25) is 11.9 Å². The Bertz CT molecular complexity index is 995. The number of halogens is 1. The number of carbonyl (C=O) groups is 1. The summed E-state index contributed by atoms with van der Waals surface area (Å²) in [5.74, 6) is -0.206. The molecule has 0 aliphatic rings. The molecule has 0 bridgehead atoms. The van der Waals surface area contributed by atoms with Crippen LogP contribution in [0.4, 0.5) is 5.95 Å². The van der Waals surface area contributed by atoms with Gasteiger partial charge in [-0.15, -0.1) is 0 Å². The Morgan fingerprint density at radius 2 is 1.73 bits per heavy atom. The van der Waals surface area contributed by atoms with Crippen molar-refractivity contribution in [3.63, 3.8) is 0 Å². The third kappa shape index (κ3) is 4.40. The molecular weight excluding hydrogens is 398 g/mol. The van der Waals surface area contributed by atoms with Crippen LogP contribution in [0, 0.1) is 13.8 Å². The number of benzene rings is 1. The fourth-order valence-corrected chi connectivity index (χ4v) is 2.68. The SMILES string of the molecule is Cc1cc(C)nc(NC(=O)Cn2nc(-c3ccc(Br)cc3)ccc2=O)n1. The number of hydrogen-bond acceptors (Lipinski definition) is 5. The predicted molar refractivity (Wildman–Crippen MR) is 102 cm³/mol. The molecule has 3 aromatic rings. The molecule has 8 heteroatoms. The summed E-state index contributed by atoms with van der Waals surface area (Å²) in [5, 5.41) is 6.88. The van der Waals surface area contributed by atoms with E-state index < -0.39 is 5.91 Å². The van der Waals surface area contributed by atoms with E-state index >= 15 is 0 Å². The number of rotatable bonds is 4.